The Labute approximate surface area is 121 Å². The van der Waals surface area contributed by atoms with Gasteiger partial charge in [0.1, 0.15) is 12.4 Å². The molecule has 21 heavy (non-hydrogen) atoms. The molecule has 1 aromatic carbocycles. The number of nitrogens with zero attached hydrogens (tertiary/aromatic N) is 1. The van der Waals surface area contributed by atoms with Crippen molar-refractivity contribution in [1.82, 2.24) is 4.90 Å². The van der Waals surface area contributed by atoms with Gasteiger partial charge in [-0.2, -0.15) is 13.2 Å². The molecule has 1 N–H and O–H groups in total. The highest BCUT2D eigenvalue weighted by Crippen LogP contribution is 2.20. The molecule has 0 atom stereocenters. The molecule has 0 saturated heterocycles. The summed E-state index contributed by atoms with van der Waals surface area (Å²) in [5.74, 6) is 4.36. The Bertz CT molecular complexity index is 529. The van der Waals surface area contributed by atoms with Gasteiger partial charge in [0.25, 0.3) is 0 Å². The maximum atomic E-state index is 13.5. The van der Waals surface area contributed by atoms with Crippen LogP contribution in [-0.4, -0.2) is 35.4 Å². The van der Waals surface area contributed by atoms with Gasteiger partial charge in [0.2, 0.25) is 0 Å². The molecule has 0 heterocycles. The number of hydrogen-bond acceptors (Lipinski definition) is 2. The second-order valence-electron chi connectivity index (χ2n) is 4.92. The van der Waals surface area contributed by atoms with Crippen LogP contribution in [0, 0.1) is 17.7 Å². The molecule has 0 saturated carbocycles. The minimum Gasteiger partial charge on any atom is -0.384 e. The lowest BCUT2D eigenvalue weighted by atomic mass is 10.1. The molecule has 0 aliphatic rings. The largest absolute Gasteiger partial charge is 0.401 e. The Balaban J connectivity index is 2.95. The molecule has 0 amide bonds. The molecule has 1 rings (SSSR count). The number of aliphatic hydroxyl groups excluding tert-OH is 1. The molecule has 2 nitrogen and oxygen atoms in total. The monoisotopic (exact) mass is 303 g/mol. The fraction of sp³-hybridized carbons (Fsp3) is 0.467. The molecule has 0 spiro atoms. The first kappa shape index (κ1) is 17.5. The third-order valence-electron chi connectivity index (χ3n) is 2.77. The molecule has 116 valence electrons. The van der Waals surface area contributed by atoms with E-state index in [1.54, 1.807) is 13.8 Å². The summed E-state index contributed by atoms with van der Waals surface area (Å²) in [5, 5.41) is 8.61. The molecule has 0 radical (unpaired) electrons. The van der Waals surface area contributed by atoms with Gasteiger partial charge in [-0.25, -0.2) is 4.39 Å². The van der Waals surface area contributed by atoms with Crippen LogP contribution in [0.4, 0.5) is 17.6 Å². The van der Waals surface area contributed by atoms with E-state index in [4.69, 9.17) is 5.11 Å². The highest BCUT2D eigenvalue weighted by Gasteiger charge is 2.31. The summed E-state index contributed by atoms with van der Waals surface area (Å²) in [7, 11) is 0. The van der Waals surface area contributed by atoms with Gasteiger partial charge in [-0.05, 0) is 37.6 Å². The first-order valence-corrected chi connectivity index (χ1v) is 6.41. The van der Waals surface area contributed by atoms with Crippen LogP contribution in [0.2, 0.25) is 0 Å². The summed E-state index contributed by atoms with van der Waals surface area (Å²) in [6.07, 6.45) is -4.31. The Morgan fingerprint density at radius 3 is 2.43 bits per heavy atom. The van der Waals surface area contributed by atoms with Crippen molar-refractivity contribution < 1.29 is 22.7 Å². The second kappa shape index (κ2) is 7.43. The van der Waals surface area contributed by atoms with Crippen molar-refractivity contribution >= 4 is 0 Å². The van der Waals surface area contributed by atoms with Crippen LogP contribution in [0.15, 0.2) is 18.2 Å². The fourth-order valence-electron chi connectivity index (χ4n) is 1.84. The summed E-state index contributed by atoms with van der Waals surface area (Å²) < 4.78 is 51.1. The van der Waals surface area contributed by atoms with Crippen molar-refractivity contribution in [2.45, 2.75) is 32.6 Å². The smallest absolute Gasteiger partial charge is 0.384 e. The van der Waals surface area contributed by atoms with Crippen LogP contribution < -0.4 is 0 Å². The number of benzene rings is 1. The molecular weight excluding hydrogens is 286 g/mol. The maximum Gasteiger partial charge on any atom is 0.401 e. The van der Waals surface area contributed by atoms with Crippen LogP contribution in [0.5, 0.6) is 0 Å². The van der Waals surface area contributed by atoms with Crippen LogP contribution in [0.25, 0.3) is 0 Å². The molecule has 1 aromatic rings. The molecule has 6 heteroatoms. The SMILES string of the molecule is CC(C)N(Cc1cc(F)cc(C#CCO)c1)CC(F)(F)F. The Hall–Kier alpha value is -1.58. The number of rotatable bonds is 4. The average molecular weight is 303 g/mol. The first-order chi connectivity index (χ1) is 9.71. The molecule has 0 unspecified atom stereocenters. The molecule has 0 fully saturated rings. The van der Waals surface area contributed by atoms with Gasteiger partial charge in [0.05, 0.1) is 6.54 Å². The quantitative estimate of drug-likeness (QED) is 0.683. The predicted molar refractivity (Wildman–Crippen MR) is 72.0 cm³/mol. The zero-order valence-electron chi connectivity index (χ0n) is 11.8. The van der Waals surface area contributed by atoms with Crippen LogP contribution >= 0.6 is 0 Å². The van der Waals surface area contributed by atoms with Crippen molar-refractivity contribution in [2.75, 3.05) is 13.2 Å². The van der Waals surface area contributed by atoms with E-state index >= 15 is 0 Å². The van der Waals surface area contributed by atoms with Crippen molar-refractivity contribution in [3.8, 4) is 11.8 Å². The number of aliphatic hydroxyl groups is 1. The summed E-state index contributed by atoms with van der Waals surface area (Å²) in [5.41, 5.74) is 0.741. The van der Waals surface area contributed by atoms with Gasteiger partial charge in [0.15, 0.2) is 0 Å². The van der Waals surface area contributed by atoms with E-state index in [0.717, 1.165) is 0 Å². The van der Waals surface area contributed by atoms with Crippen molar-refractivity contribution in [1.29, 1.82) is 0 Å². The van der Waals surface area contributed by atoms with Crippen LogP contribution in [-0.2, 0) is 6.54 Å². The summed E-state index contributed by atoms with van der Waals surface area (Å²) in [6.45, 7) is 1.86. The van der Waals surface area contributed by atoms with E-state index in [1.807, 2.05) is 0 Å². The number of alkyl halides is 3. The summed E-state index contributed by atoms with van der Waals surface area (Å²) in [6, 6.07) is 3.56. The Morgan fingerprint density at radius 1 is 1.24 bits per heavy atom. The lowest BCUT2D eigenvalue weighted by Gasteiger charge is -2.27. The lowest BCUT2D eigenvalue weighted by Crippen LogP contribution is -2.38. The van der Waals surface area contributed by atoms with Gasteiger partial charge >= 0.3 is 6.18 Å². The summed E-state index contributed by atoms with van der Waals surface area (Å²) >= 11 is 0. The maximum absolute atomic E-state index is 13.5. The van der Waals surface area contributed by atoms with E-state index in [1.165, 1.54) is 23.1 Å². The molecule has 0 aliphatic heterocycles. The van der Waals surface area contributed by atoms with Gasteiger partial charge in [-0.1, -0.05) is 11.8 Å². The molecule has 0 aromatic heterocycles. The third kappa shape index (κ3) is 6.61. The van der Waals surface area contributed by atoms with Gasteiger partial charge < -0.3 is 5.11 Å². The normalized spacial score (nSPS) is 11.7. The second-order valence-corrected chi connectivity index (χ2v) is 4.92. The van der Waals surface area contributed by atoms with Crippen LogP contribution in [0.1, 0.15) is 25.0 Å². The minimum atomic E-state index is -4.31. The number of halogens is 4. The zero-order valence-corrected chi connectivity index (χ0v) is 11.8. The van der Waals surface area contributed by atoms with Crippen molar-refractivity contribution in [3.05, 3.63) is 35.1 Å². The van der Waals surface area contributed by atoms with Gasteiger partial charge in [-0.3, -0.25) is 4.90 Å². The summed E-state index contributed by atoms with van der Waals surface area (Å²) in [4.78, 5) is 1.21. The predicted octanol–water partition coefficient (Wildman–Crippen LogP) is 2.94. The highest BCUT2D eigenvalue weighted by atomic mass is 19.4. The van der Waals surface area contributed by atoms with E-state index in [-0.39, 0.29) is 19.2 Å². The van der Waals surface area contributed by atoms with E-state index in [0.29, 0.717) is 11.1 Å². The molecule has 0 aliphatic carbocycles. The molecule has 0 bridgehead atoms. The van der Waals surface area contributed by atoms with E-state index in [9.17, 15) is 17.6 Å². The zero-order chi connectivity index (χ0) is 16.0. The molecular formula is C15H17F4NO. The standard InChI is InChI=1S/C15H17F4NO/c1-11(2)20(10-15(17,18)19)9-13-6-12(4-3-5-21)7-14(16)8-13/h6-8,11,21H,5,9-10H2,1-2H3. The highest BCUT2D eigenvalue weighted by molar-refractivity contribution is 5.37. The third-order valence-corrected chi connectivity index (χ3v) is 2.77. The fourth-order valence-corrected chi connectivity index (χ4v) is 1.84. The lowest BCUT2D eigenvalue weighted by molar-refractivity contribution is -0.150. The Morgan fingerprint density at radius 2 is 1.90 bits per heavy atom. The van der Waals surface area contributed by atoms with Gasteiger partial charge in [-0.15, -0.1) is 0 Å². The van der Waals surface area contributed by atoms with Crippen molar-refractivity contribution in [3.63, 3.8) is 0 Å². The number of hydrogen-bond donors (Lipinski definition) is 1. The topological polar surface area (TPSA) is 23.5 Å². The van der Waals surface area contributed by atoms with Gasteiger partial charge in [0, 0.05) is 18.2 Å². The average Bonchev–Trinajstić information content (AvgIpc) is 2.33. The first-order valence-electron chi connectivity index (χ1n) is 6.41. The van der Waals surface area contributed by atoms with E-state index in [2.05, 4.69) is 11.8 Å². The Kier molecular flexibility index (Phi) is 6.19. The minimum absolute atomic E-state index is 0.0251. The van der Waals surface area contributed by atoms with Crippen LogP contribution in [0.3, 0.4) is 0 Å². The van der Waals surface area contributed by atoms with Crippen molar-refractivity contribution in [2.24, 2.45) is 0 Å². The van der Waals surface area contributed by atoms with E-state index < -0.39 is 18.5 Å².